The van der Waals surface area contributed by atoms with Gasteiger partial charge in [0.15, 0.2) is 0 Å². The average Bonchev–Trinajstić information content (AvgIpc) is 2.85. The highest BCUT2D eigenvalue weighted by Crippen LogP contribution is 2.38. The maximum absolute atomic E-state index is 14.8. The van der Waals surface area contributed by atoms with Gasteiger partial charge in [0.2, 0.25) is 0 Å². The van der Waals surface area contributed by atoms with Gasteiger partial charge >= 0.3 is 0 Å². The molecule has 1 aliphatic rings. The molecule has 130 valence electrons. The predicted octanol–water partition coefficient (Wildman–Crippen LogP) is 5.73. The van der Waals surface area contributed by atoms with E-state index in [0.29, 0.717) is 41.7 Å². The van der Waals surface area contributed by atoms with Crippen molar-refractivity contribution in [1.82, 2.24) is 9.55 Å². The van der Waals surface area contributed by atoms with E-state index in [-0.39, 0.29) is 5.82 Å². The highest BCUT2D eigenvalue weighted by atomic mass is 79.9. The Kier molecular flexibility index (Phi) is 4.14. The van der Waals surface area contributed by atoms with Gasteiger partial charge in [0, 0.05) is 10.9 Å². The average molecular weight is 405 g/mol. The lowest BCUT2D eigenvalue weighted by Crippen LogP contribution is -2.37. The van der Waals surface area contributed by atoms with Gasteiger partial charge in [-0.2, -0.15) is 0 Å². The minimum absolute atomic E-state index is 0.275. The van der Waals surface area contributed by atoms with E-state index < -0.39 is 5.67 Å². The van der Waals surface area contributed by atoms with Crippen LogP contribution in [0.4, 0.5) is 8.78 Å². The molecule has 2 aromatic carbocycles. The number of aryl methyl sites for hydroxylation is 1. The van der Waals surface area contributed by atoms with E-state index in [1.54, 1.807) is 6.07 Å². The molecule has 5 heteroatoms. The van der Waals surface area contributed by atoms with Crippen molar-refractivity contribution in [2.45, 2.75) is 44.8 Å². The van der Waals surface area contributed by atoms with Crippen LogP contribution < -0.4 is 0 Å². The summed E-state index contributed by atoms with van der Waals surface area (Å²) in [7, 11) is 0. The molecule has 25 heavy (non-hydrogen) atoms. The molecule has 0 radical (unpaired) electrons. The number of hydrogen-bond donors (Lipinski definition) is 0. The lowest BCUT2D eigenvalue weighted by Gasteiger charge is -2.34. The molecule has 0 amide bonds. The minimum Gasteiger partial charge on any atom is -0.324 e. The molecule has 3 aromatic rings. The van der Waals surface area contributed by atoms with Crippen LogP contribution in [0.25, 0.3) is 11.0 Å². The third kappa shape index (κ3) is 3.22. The van der Waals surface area contributed by atoms with Crippen molar-refractivity contribution in [2.75, 3.05) is 0 Å². The highest BCUT2D eigenvalue weighted by molar-refractivity contribution is 9.10. The van der Waals surface area contributed by atoms with Crippen LogP contribution in [0, 0.1) is 12.7 Å². The van der Waals surface area contributed by atoms with Gasteiger partial charge in [-0.3, -0.25) is 0 Å². The zero-order valence-corrected chi connectivity index (χ0v) is 15.6. The lowest BCUT2D eigenvalue weighted by atomic mass is 9.82. The second kappa shape index (κ2) is 6.20. The fraction of sp³-hybridized carbons (Fsp3) is 0.350. The van der Waals surface area contributed by atoms with Gasteiger partial charge in [-0.15, -0.1) is 0 Å². The van der Waals surface area contributed by atoms with Crippen LogP contribution in [0.2, 0.25) is 0 Å². The van der Waals surface area contributed by atoms with Crippen LogP contribution in [0.5, 0.6) is 0 Å². The Morgan fingerprint density at radius 2 is 2.00 bits per heavy atom. The van der Waals surface area contributed by atoms with Gasteiger partial charge in [-0.05, 0) is 61.6 Å². The van der Waals surface area contributed by atoms with Crippen molar-refractivity contribution in [3.63, 3.8) is 0 Å². The fourth-order valence-electron chi connectivity index (χ4n) is 3.43. The number of aromatic nitrogens is 2. The van der Waals surface area contributed by atoms with Gasteiger partial charge in [0.25, 0.3) is 0 Å². The Morgan fingerprint density at radius 1 is 1.20 bits per heavy atom. The first-order valence-electron chi connectivity index (χ1n) is 8.52. The smallest absolute Gasteiger partial charge is 0.128 e. The maximum Gasteiger partial charge on any atom is 0.128 e. The van der Waals surface area contributed by atoms with Crippen molar-refractivity contribution in [1.29, 1.82) is 0 Å². The molecular weight excluding hydrogens is 386 g/mol. The molecule has 1 saturated carbocycles. The number of rotatable bonds is 4. The monoisotopic (exact) mass is 404 g/mol. The summed E-state index contributed by atoms with van der Waals surface area (Å²) >= 11 is 3.28. The van der Waals surface area contributed by atoms with Crippen LogP contribution >= 0.6 is 15.9 Å². The summed E-state index contributed by atoms with van der Waals surface area (Å²) in [5, 5.41) is 0. The molecular formula is C20H19BrF2N2. The fourth-order valence-corrected chi connectivity index (χ4v) is 3.76. The van der Waals surface area contributed by atoms with Crippen molar-refractivity contribution >= 4 is 27.0 Å². The van der Waals surface area contributed by atoms with E-state index >= 15 is 0 Å². The molecule has 2 nitrogen and oxygen atoms in total. The van der Waals surface area contributed by atoms with Gasteiger partial charge in [-0.1, -0.05) is 28.1 Å². The SMILES string of the molecule is Cc1ccc2nc(Cc3ccc(Br)cc3F)n(CC3(F)CCC3)c2c1. The van der Waals surface area contributed by atoms with Crippen molar-refractivity contribution in [3.8, 4) is 0 Å². The van der Waals surface area contributed by atoms with Gasteiger partial charge in [-0.25, -0.2) is 13.8 Å². The first-order valence-corrected chi connectivity index (χ1v) is 9.31. The van der Waals surface area contributed by atoms with Gasteiger partial charge in [0.1, 0.15) is 17.3 Å². The van der Waals surface area contributed by atoms with E-state index in [4.69, 9.17) is 0 Å². The number of halogens is 3. The van der Waals surface area contributed by atoms with Crippen LogP contribution in [-0.2, 0) is 13.0 Å². The van der Waals surface area contributed by atoms with Crippen LogP contribution in [0.3, 0.4) is 0 Å². The number of fused-ring (bicyclic) bond motifs is 1. The normalized spacial score (nSPS) is 16.2. The summed E-state index contributed by atoms with van der Waals surface area (Å²) < 4.78 is 31.7. The molecule has 1 heterocycles. The molecule has 0 N–H and O–H groups in total. The molecule has 0 bridgehead atoms. The summed E-state index contributed by atoms with van der Waals surface area (Å²) in [5.74, 6) is 0.438. The second-order valence-corrected chi connectivity index (χ2v) is 7.94. The molecule has 1 fully saturated rings. The zero-order chi connectivity index (χ0) is 17.6. The number of nitrogens with zero attached hydrogens (tertiary/aromatic N) is 2. The quantitative estimate of drug-likeness (QED) is 0.542. The Balaban J connectivity index is 1.78. The molecule has 0 saturated heterocycles. The first kappa shape index (κ1) is 16.7. The Bertz CT molecular complexity index is 944. The molecule has 1 aromatic heterocycles. The minimum atomic E-state index is -1.16. The van der Waals surface area contributed by atoms with Crippen LogP contribution in [0.1, 0.15) is 36.2 Å². The summed E-state index contributed by atoms with van der Waals surface area (Å²) in [5.41, 5.74) is 2.27. The van der Waals surface area contributed by atoms with E-state index in [1.807, 2.05) is 35.8 Å². The van der Waals surface area contributed by atoms with E-state index in [9.17, 15) is 8.78 Å². The second-order valence-electron chi connectivity index (χ2n) is 7.02. The van der Waals surface area contributed by atoms with E-state index in [1.165, 1.54) is 6.07 Å². The number of imidazole rings is 1. The summed E-state index contributed by atoms with van der Waals surface area (Å²) in [6.45, 7) is 2.31. The largest absolute Gasteiger partial charge is 0.324 e. The predicted molar refractivity (Wildman–Crippen MR) is 99.1 cm³/mol. The van der Waals surface area contributed by atoms with Gasteiger partial charge < -0.3 is 4.57 Å². The van der Waals surface area contributed by atoms with E-state index in [0.717, 1.165) is 23.0 Å². The zero-order valence-electron chi connectivity index (χ0n) is 14.0. The summed E-state index contributed by atoms with van der Waals surface area (Å²) in [4.78, 5) is 4.67. The highest BCUT2D eigenvalue weighted by Gasteiger charge is 2.38. The summed E-state index contributed by atoms with van der Waals surface area (Å²) in [6, 6.07) is 11.0. The van der Waals surface area contributed by atoms with Crippen molar-refractivity contribution in [2.24, 2.45) is 0 Å². The topological polar surface area (TPSA) is 17.8 Å². The summed E-state index contributed by atoms with van der Waals surface area (Å²) in [6.07, 6.45) is 2.46. The molecule has 0 atom stereocenters. The third-order valence-electron chi connectivity index (χ3n) is 5.04. The first-order chi connectivity index (χ1) is 11.9. The number of alkyl halides is 1. The Morgan fingerprint density at radius 3 is 2.68 bits per heavy atom. The van der Waals surface area contributed by atoms with Crippen molar-refractivity contribution < 1.29 is 8.78 Å². The Hall–Kier alpha value is -1.75. The molecule has 0 aliphatic heterocycles. The molecule has 0 spiro atoms. The molecule has 1 aliphatic carbocycles. The third-order valence-corrected chi connectivity index (χ3v) is 5.53. The van der Waals surface area contributed by atoms with Gasteiger partial charge in [0.05, 0.1) is 17.6 Å². The van der Waals surface area contributed by atoms with Crippen molar-refractivity contribution in [3.05, 3.63) is 63.6 Å². The maximum atomic E-state index is 14.8. The Labute approximate surface area is 154 Å². The molecule has 4 rings (SSSR count). The standard InChI is InChI=1S/C20H19BrF2N2/c1-13-3-6-17-18(9-13)25(12-20(23)7-2-8-20)19(24-17)10-14-4-5-15(21)11-16(14)22/h3-6,9,11H,2,7-8,10,12H2,1H3. The molecule has 0 unspecified atom stereocenters. The van der Waals surface area contributed by atoms with Crippen LogP contribution in [-0.4, -0.2) is 15.2 Å². The van der Waals surface area contributed by atoms with E-state index in [2.05, 4.69) is 20.9 Å². The van der Waals surface area contributed by atoms with Crippen LogP contribution in [0.15, 0.2) is 40.9 Å². The number of hydrogen-bond acceptors (Lipinski definition) is 1. The lowest BCUT2D eigenvalue weighted by molar-refractivity contribution is 0.0446. The number of benzene rings is 2.